The number of unbranched alkanes of at least 4 members (excludes halogenated alkanes) is 20. The molecule has 0 fully saturated rings. The lowest BCUT2D eigenvalue weighted by atomic mass is 10.1. The van der Waals surface area contributed by atoms with Gasteiger partial charge in [0.05, 0.1) is 0 Å². The predicted octanol–water partition coefficient (Wildman–Crippen LogP) is 10.7. The van der Waals surface area contributed by atoms with E-state index >= 15 is 0 Å². The normalized spacial score (nSPS) is 11.9. The number of hydrogen-bond acceptors (Lipinski definition) is 0. The summed E-state index contributed by atoms with van der Waals surface area (Å²) in [5.41, 5.74) is 0. The number of allylic oxidation sites excluding steroid dienone is 4. The molecule has 0 aromatic heterocycles. The molecule has 0 aliphatic heterocycles. The van der Waals surface area contributed by atoms with Gasteiger partial charge >= 0.3 is 0 Å². The molecule has 0 aromatic carbocycles. The van der Waals surface area contributed by atoms with Crippen LogP contribution in [-0.2, 0) is 0 Å². The first-order valence-electron chi connectivity index (χ1n) is 13.2. The highest BCUT2D eigenvalue weighted by Gasteiger charge is 1.93. The van der Waals surface area contributed by atoms with E-state index in [1.165, 1.54) is 141 Å². The van der Waals surface area contributed by atoms with E-state index in [0.717, 1.165) is 0 Å². The first kappa shape index (κ1) is 27.5. The molecule has 0 aliphatic carbocycles. The second-order valence-electron chi connectivity index (χ2n) is 8.80. The molecule has 28 heavy (non-hydrogen) atoms. The van der Waals surface area contributed by atoms with Crippen molar-refractivity contribution >= 4 is 0 Å². The van der Waals surface area contributed by atoms with Crippen LogP contribution >= 0.6 is 0 Å². The largest absolute Gasteiger partial charge is 0.0845 e. The third-order valence-corrected chi connectivity index (χ3v) is 5.83. The van der Waals surface area contributed by atoms with Crippen molar-refractivity contribution in [3.05, 3.63) is 24.3 Å². The molecule has 0 aliphatic rings. The summed E-state index contributed by atoms with van der Waals surface area (Å²) in [4.78, 5) is 0. The van der Waals surface area contributed by atoms with Crippen LogP contribution in [0.15, 0.2) is 24.3 Å². The van der Waals surface area contributed by atoms with E-state index in [0.29, 0.717) is 0 Å². The Bertz CT molecular complexity index is 280. The third-order valence-electron chi connectivity index (χ3n) is 5.83. The molecular formula is C28H54. The number of hydrogen-bond donors (Lipinski definition) is 0. The topological polar surface area (TPSA) is 0 Å². The van der Waals surface area contributed by atoms with Crippen LogP contribution in [-0.4, -0.2) is 0 Å². The predicted molar refractivity (Wildman–Crippen MR) is 131 cm³/mol. The van der Waals surface area contributed by atoms with Gasteiger partial charge in [0.1, 0.15) is 0 Å². The second kappa shape index (κ2) is 26.5. The summed E-state index contributed by atoms with van der Waals surface area (Å²) in [6, 6.07) is 0. The standard InChI is InChI=1S/C28H54/c1-3-5-7-9-11-13-15-17-19-21-23-25-27-28-26-24-22-20-18-16-14-12-10-8-6-4-2/h25-28H,3-24H2,1-2H3. The Morgan fingerprint density at radius 3 is 0.857 bits per heavy atom. The Labute approximate surface area is 179 Å². The van der Waals surface area contributed by atoms with Crippen LogP contribution in [0.1, 0.15) is 155 Å². The maximum Gasteiger partial charge on any atom is -0.0348 e. The van der Waals surface area contributed by atoms with Gasteiger partial charge in [0.25, 0.3) is 0 Å². The van der Waals surface area contributed by atoms with E-state index in [4.69, 9.17) is 0 Å². The first-order chi connectivity index (χ1) is 13.9. The van der Waals surface area contributed by atoms with Crippen molar-refractivity contribution in [1.29, 1.82) is 0 Å². The maximum atomic E-state index is 2.36. The van der Waals surface area contributed by atoms with Crippen molar-refractivity contribution in [2.24, 2.45) is 0 Å². The Morgan fingerprint density at radius 2 is 0.571 bits per heavy atom. The second-order valence-corrected chi connectivity index (χ2v) is 8.80. The van der Waals surface area contributed by atoms with Crippen LogP contribution in [0.25, 0.3) is 0 Å². The lowest BCUT2D eigenvalue weighted by Gasteiger charge is -2.01. The van der Waals surface area contributed by atoms with Gasteiger partial charge in [-0.05, 0) is 25.7 Å². The molecule has 0 N–H and O–H groups in total. The molecule has 166 valence electrons. The molecule has 0 saturated carbocycles. The average molecular weight is 391 g/mol. The zero-order chi connectivity index (χ0) is 20.4. The Morgan fingerprint density at radius 1 is 0.321 bits per heavy atom. The minimum atomic E-state index is 1.26. The molecule has 0 heterocycles. The Balaban J connectivity index is 3.15. The monoisotopic (exact) mass is 390 g/mol. The Hall–Kier alpha value is -0.520. The highest BCUT2D eigenvalue weighted by atomic mass is 14.0. The van der Waals surface area contributed by atoms with Gasteiger partial charge in [0.15, 0.2) is 0 Å². The van der Waals surface area contributed by atoms with Gasteiger partial charge in [-0.1, -0.05) is 154 Å². The van der Waals surface area contributed by atoms with Gasteiger partial charge in [0.2, 0.25) is 0 Å². The van der Waals surface area contributed by atoms with Gasteiger partial charge in [0, 0.05) is 0 Å². The zero-order valence-corrected chi connectivity index (χ0v) is 19.9. The Kier molecular flexibility index (Phi) is 26.0. The SMILES string of the molecule is CCCCCCCCCCCCC=CC=CCCCCCCCCCCCC. The summed E-state index contributed by atoms with van der Waals surface area (Å²) in [6.07, 6.45) is 40.4. The fraction of sp³-hybridized carbons (Fsp3) is 0.857. The fourth-order valence-corrected chi connectivity index (χ4v) is 3.85. The smallest absolute Gasteiger partial charge is 0.0348 e. The van der Waals surface area contributed by atoms with E-state index in [2.05, 4.69) is 38.2 Å². The third kappa shape index (κ3) is 25.5. The number of rotatable bonds is 23. The molecule has 0 unspecified atom stereocenters. The van der Waals surface area contributed by atoms with Gasteiger partial charge in [-0.2, -0.15) is 0 Å². The molecule has 0 spiro atoms. The lowest BCUT2D eigenvalue weighted by molar-refractivity contribution is 0.557. The van der Waals surface area contributed by atoms with E-state index in [-0.39, 0.29) is 0 Å². The van der Waals surface area contributed by atoms with Crippen molar-refractivity contribution in [2.75, 3.05) is 0 Å². The summed E-state index contributed by atoms with van der Waals surface area (Å²) < 4.78 is 0. The molecule has 0 rings (SSSR count). The van der Waals surface area contributed by atoms with E-state index < -0.39 is 0 Å². The maximum absolute atomic E-state index is 2.36. The van der Waals surface area contributed by atoms with Crippen LogP contribution in [0.3, 0.4) is 0 Å². The summed E-state index contributed by atoms with van der Waals surface area (Å²) in [5, 5.41) is 0. The molecule has 0 atom stereocenters. The fourth-order valence-electron chi connectivity index (χ4n) is 3.85. The molecule has 0 bridgehead atoms. The van der Waals surface area contributed by atoms with Gasteiger partial charge in [-0.3, -0.25) is 0 Å². The molecule has 0 radical (unpaired) electrons. The lowest BCUT2D eigenvalue weighted by Crippen LogP contribution is -1.81. The van der Waals surface area contributed by atoms with E-state index in [1.807, 2.05) is 0 Å². The zero-order valence-electron chi connectivity index (χ0n) is 19.9. The molecular weight excluding hydrogens is 336 g/mol. The molecule has 0 nitrogen and oxygen atoms in total. The van der Waals surface area contributed by atoms with Crippen LogP contribution in [0.5, 0.6) is 0 Å². The van der Waals surface area contributed by atoms with Crippen LogP contribution in [0.4, 0.5) is 0 Å². The van der Waals surface area contributed by atoms with Crippen molar-refractivity contribution in [3.63, 3.8) is 0 Å². The summed E-state index contributed by atoms with van der Waals surface area (Å²) in [7, 11) is 0. The van der Waals surface area contributed by atoms with Crippen LogP contribution in [0.2, 0.25) is 0 Å². The highest BCUT2D eigenvalue weighted by molar-refractivity contribution is 5.02. The quantitative estimate of drug-likeness (QED) is 0.120. The summed E-state index contributed by atoms with van der Waals surface area (Å²) >= 11 is 0. The summed E-state index contributed by atoms with van der Waals surface area (Å²) in [5.74, 6) is 0. The minimum Gasteiger partial charge on any atom is -0.0845 e. The van der Waals surface area contributed by atoms with Crippen LogP contribution < -0.4 is 0 Å². The van der Waals surface area contributed by atoms with Crippen molar-refractivity contribution < 1.29 is 0 Å². The highest BCUT2D eigenvalue weighted by Crippen LogP contribution is 2.12. The molecule has 0 aromatic rings. The average Bonchev–Trinajstić information content (AvgIpc) is 2.71. The van der Waals surface area contributed by atoms with Gasteiger partial charge in [-0.15, -0.1) is 0 Å². The molecule has 0 amide bonds. The van der Waals surface area contributed by atoms with Gasteiger partial charge in [-0.25, -0.2) is 0 Å². The van der Waals surface area contributed by atoms with Crippen molar-refractivity contribution in [1.82, 2.24) is 0 Å². The van der Waals surface area contributed by atoms with Crippen molar-refractivity contribution in [3.8, 4) is 0 Å². The van der Waals surface area contributed by atoms with Crippen LogP contribution in [0, 0.1) is 0 Å². The summed E-state index contributed by atoms with van der Waals surface area (Å²) in [6.45, 7) is 4.59. The minimum absolute atomic E-state index is 1.26. The molecule has 0 heteroatoms. The van der Waals surface area contributed by atoms with E-state index in [1.54, 1.807) is 0 Å². The van der Waals surface area contributed by atoms with Gasteiger partial charge < -0.3 is 0 Å². The molecule has 0 saturated heterocycles. The first-order valence-corrected chi connectivity index (χ1v) is 13.2. The van der Waals surface area contributed by atoms with E-state index in [9.17, 15) is 0 Å². The van der Waals surface area contributed by atoms with Crippen molar-refractivity contribution in [2.45, 2.75) is 155 Å².